The maximum atomic E-state index is 13.9. The first-order valence-electron chi connectivity index (χ1n) is 12.4. The van der Waals surface area contributed by atoms with Crippen LogP contribution in [0.1, 0.15) is 37.0 Å². The number of nitrogens with zero attached hydrogens (tertiary/aromatic N) is 2. The summed E-state index contributed by atoms with van der Waals surface area (Å²) < 4.78 is 28.6. The van der Waals surface area contributed by atoms with Crippen LogP contribution in [0.2, 0.25) is 0 Å². The Hall–Kier alpha value is -3.65. The number of carbonyl (C=O) groups excluding carboxylic acids is 2. The van der Waals surface area contributed by atoms with E-state index in [9.17, 15) is 18.0 Å². The second-order valence-electron chi connectivity index (χ2n) is 8.99. The van der Waals surface area contributed by atoms with Crippen LogP contribution < -0.4 is 9.62 Å². The highest BCUT2D eigenvalue weighted by molar-refractivity contribution is 7.92. The average Bonchev–Trinajstić information content (AvgIpc) is 2.89. The van der Waals surface area contributed by atoms with Crippen LogP contribution in [-0.2, 0) is 26.2 Å². The molecule has 0 saturated carbocycles. The Balaban J connectivity index is 2.02. The third kappa shape index (κ3) is 6.98. The molecule has 3 aromatic rings. The van der Waals surface area contributed by atoms with Gasteiger partial charge in [0.1, 0.15) is 12.6 Å². The van der Waals surface area contributed by atoms with Gasteiger partial charge in [0.05, 0.1) is 10.6 Å². The van der Waals surface area contributed by atoms with Gasteiger partial charge in [-0.05, 0) is 57.0 Å². The summed E-state index contributed by atoms with van der Waals surface area (Å²) in [4.78, 5) is 28.4. The fourth-order valence-corrected chi connectivity index (χ4v) is 5.48. The molecular weight excluding hydrogens is 486 g/mol. The van der Waals surface area contributed by atoms with Gasteiger partial charge in [0.15, 0.2) is 0 Å². The Bertz CT molecular complexity index is 1290. The molecule has 0 bridgehead atoms. The summed E-state index contributed by atoms with van der Waals surface area (Å²) >= 11 is 0. The van der Waals surface area contributed by atoms with E-state index in [1.807, 2.05) is 52.0 Å². The quantitative estimate of drug-likeness (QED) is 0.404. The van der Waals surface area contributed by atoms with Crippen LogP contribution in [0.3, 0.4) is 0 Å². The fraction of sp³-hybridized carbons (Fsp3) is 0.310. The van der Waals surface area contributed by atoms with Gasteiger partial charge in [-0.25, -0.2) is 8.42 Å². The number of likely N-dealkylation sites (N-methyl/N-ethyl adjacent to an activating group) is 1. The standard InChI is InChI=1S/C29H35N3O4S/c1-5-27(29(34)30-6-2)31(20-24-16-12-22(3)13-17-24)28(33)21-32(25-10-8-7-9-11-25)37(35,36)26-18-14-23(4)15-19-26/h7-19,27H,5-6,20-21H2,1-4H3,(H,30,34). The van der Waals surface area contributed by atoms with Gasteiger partial charge in [-0.15, -0.1) is 0 Å². The van der Waals surface area contributed by atoms with Crippen LogP contribution in [0.25, 0.3) is 0 Å². The predicted octanol–water partition coefficient (Wildman–Crippen LogP) is 4.44. The van der Waals surface area contributed by atoms with Crippen molar-refractivity contribution in [1.82, 2.24) is 10.2 Å². The van der Waals surface area contributed by atoms with Crippen molar-refractivity contribution in [2.24, 2.45) is 0 Å². The second kappa shape index (κ2) is 12.5. The minimum absolute atomic E-state index is 0.0932. The highest BCUT2D eigenvalue weighted by atomic mass is 32.2. The Morgan fingerprint density at radius 1 is 0.838 bits per heavy atom. The number of carbonyl (C=O) groups is 2. The fourth-order valence-electron chi connectivity index (χ4n) is 4.06. The summed E-state index contributed by atoms with van der Waals surface area (Å²) in [5, 5.41) is 2.81. The maximum absolute atomic E-state index is 13.9. The Morgan fingerprint density at radius 3 is 1.95 bits per heavy atom. The average molecular weight is 522 g/mol. The molecule has 196 valence electrons. The first kappa shape index (κ1) is 27.9. The normalized spacial score (nSPS) is 12.0. The number of sulfonamides is 1. The summed E-state index contributed by atoms with van der Waals surface area (Å²) in [5.74, 6) is -0.726. The highest BCUT2D eigenvalue weighted by Crippen LogP contribution is 2.25. The molecule has 1 N–H and O–H groups in total. The van der Waals surface area contributed by atoms with Crippen LogP contribution in [-0.4, -0.2) is 44.3 Å². The molecule has 0 aliphatic heterocycles. The largest absolute Gasteiger partial charge is 0.355 e. The second-order valence-corrected chi connectivity index (χ2v) is 10.8. The molecule has 0 fully saturated rings. The zero-order valence-electron chi connectivity index (χ0n) is 21.8. The van der Waals surface area contributed by atoms with Crippen LogP contribution in [0, 0.1) is 13.8 Å². The molecule has 0 heterocycles. The van der Waals surface area contributed by atoms with Crippen molar-refractivity contribution in [3.8, 4) is 0 Å². The first-order chi connectivity index (χ1) is 17.7. The smallest absolute Gasteiger partial charge is 0.264 e. The van der Waals surface area contributed by atoms with E-state index in [1.165, 1.54) is 4.90 Å². The summed E-state index contributed by atoms with van der Waals surface area (Å²) in [6, 6.07) is 22.1. The first-order valence-corrected chi connectivity index (χ1v) is 13.9. The molecule has 1 atom stereocenters. The van der Waals surface area contributed by atoms with Gasteiger partial charge in [0, 0.05) is 13.1 Å². The zero-order chi connectivity index (χ0) is 27.0. The van der Waals surface area contributed by atoms with E-state index in [0.717, 1.165) is 21.0 Å². The van der Waals surface area contributed by atoms with Gasteiger partial charge < -0.3 is 10.2 Å². The summed E-state index contributed by atoms with van der Waals surface area (Å²) in [6.07, 6.45) is 0.388. The van der Waals surface area contributed by atoms with Gasteiger partial charge in [-0.3, -0.25) is 13.9 Å². The molecule has 2 amide bonds. The van der Waals surface area contributed by atoms with Gasteiger partial charge >= 0.3 is 0 Å². The number of anilines is 1. The van der Waals surface area contributed by atoms with Crippen molar-refractivity contribution in [1.29, 1.82) is 0 Å². The van der Waals surface area contributed by atoms with Gasteiger partial charge in [0.2, 0.25) is 11.8 Å². The zero-order valence-corrected chi connectivity index (χ0v) is 22.7. The Morgan fingerprint density at radius 2 is 1.41 bits per heavy atom. The number of para-hydroxylation sites is 1. The lowest BCUT2D eigenvalue weighted by Gasteiger charge is -2.33. The highest BCUT2D eigenvalue weighted by Gasteiger charge is 2.33. The van der Waals surface area contributed by atoms with Crippen LogP contribution >= 0.6 is 0 Å². The van der Waals surface area contributed by atoms with Crippen LogP contribution in [0.4, 0.5) is 5.69 Å². The molecule has 1 unspecified atom stereocenters. The number of hydrogen-bond donors (Lipinski definition) is 1. The van der Waals surface area contributed by atoms with Gasteiger partial charge in [-0.1, -0.05) is 72.6 Å². The predicted molar refractivity (Wildman–Crippen MR) is 147 cm³/mol. The lowest BCUT2D eigenvalue weighted by molar-refractivity contribution is -0.140. The van der Waals surface area contributed by atoms with Gasteiger partial charge in [-0.2, -0.15) is 0 Å². The summed E-state index contributed by atoms with van der Waals surface area (Å²) in [5.41, 5.74) is 3.24. The van der Waals surface area contributed by atoms with Crippen molar-refractivity contribution in [3.05, 3.63) is 95.6 Å². The van der Waals surface area contributed by atoms with Crippen molar-refractivity contribution < 1.29 is 18.0 Å². The van der Waals surface area contributed by atoms with E-state index in [4.69, 9.17) is 0 Å². The van der Waals surface area contributed by atoms with Crippen molar-refractivity contribution in [2.75, 3.05) is 17.4 Å². The monoisotopic (exact) mass is 521 g/mol. The maximum Gasteiger partial charge on any atom is 0.264 e. The molecule has 0 saturated heterocycles. The van der Waals surface area contributed by atoms with Crippen molar-refractivity contribution >= 4 is 27.5 Å². The number of aryl methyl sites for hydroxylation is 2. The molecular formula is C29H35N3O4S. The van der Waals surface area contributed by atoms with Gasteiger partial charge in [0.25, 0.3) is 10.0 Å². The van der Waals surface area contributed by atoms with E-state index in [2.05, 4.69) is 5.32 Å². The molecule has 7 nitrogen and oxygen atoms in total. The topological polar surface area (TPSA) is 86.8 Å². The van der Waals surface area contributed by atoms with E-state index < -0.39 is 28.5 Å². The van der Waals surface area contributed by atoms with Crippen molar-refractivity contribution in [3.63, 3.8) is 0 Å². The molecule has 0 spiro atoms. The number of hydrogen-bond acceptors (Lipinski definition) is 4. The van der Waals surface area contributed by atoms with Crippen molar-refractivity contribution in [2.45, 2.75) is 51.6 Å². The number of benzene rings is 3. The Kier molecular flexibility index (Phi) is 9.47. The minimum atomic E-state index is -4.06. The lowest BCUT2D eigenvalue weighted by Crippen LogP contribution is -2.52. The molecule has 3 rings (SSSR count). The molecule has 37 heavy (non-hydrogen) atoms. The summed E-state index contributed by atoms with van der Waals surface area (Å²) in [7, 11) is -4.06. The third-order valence-corrected chi connectivity index (χ3v) is 7.93. The Labute approximate surface area is 220 Å². The van der Waals surface area contributed by atoms with Crippen LogP contribution in [0.5, 0.6) is 0 Å². The van der Waals surface area contributed by atoms with E-state index in [0.29, 0.717) is 18.7 Å². The summed E-state index contributed by atoms with van der Waals surface area (Å²) in [6.45, 7) is 7.69. The molecule has 0 aliphatic carbocycles. The van der Waals surface area contributed by atoms with Crippen LogP contribution in [0.15, 0.2) is 83.8 Å². The molecule has 0 aliphatic rings. The molecule has 0 aromatic heterocycles. The molecule has 0 radical (unpaired) electrons. The number of amides is 2. The van der Waals surface area contributed by atoms with E-state index in [1.54, 1.807) is 54.6 Å². The molecule has 8 heteroatoms. The van der Waals surface area contributed by atoms with E-state index in [-0.39, 0.29) is 17.3 Å². The lowest BCUT2D eigenvalue weighted by atomic mass is 10.1. The minimum Gasteiger partial charge on any atom is -0.355 e. The SMILES string of the molecule is CCNC(=O)C(CC)N(Cc1ccc(C)cc1)C(=O)CN(c1ccccc1)S(=O)(=O)c1ccc(C)cc1. The molecule has 3 aromatic carbocycles. The number of nitrogens with one attached hydrogen (secondary N) is 1. The van der Waals surface area contributed by atoms with E-state index >= 15 is 0 Å². The third-order valence-electron chi connectivity index (χ3n) is 6.14. The number of rotatable bonds is 11.